The Labute approximate surface area is 152 Å². The number of carbonyl (C=O) groups is 1. The zero-order valence-electron chi connectivity index (χ0n) is 15.0. The number of ether oxygens (including phenoxy) is 2. The number of carbonyl (C=O) groups excluding carboxylic acids is 1. The predicted molar refractivity (Wildman–Crippen MR) is 97.0 cm³/mol. The van der Waals surface area contributed by atoms with E-state index >= 15 is 0 Å². The number of hydrogen-bond acceptors (Lipinski definition) is 5. The third-order valence-electron chi connectivity index (χ3n) is 5.60. The first-order chi connectivity index (χ1) is 12.6. The molecule has 0 aliphatic carbocycles. The molecule has 2 aliphatic rings. The molecule has 0 amide bonds. The topological polar surface area (TPSA) is 72.7 Å². The molecule has 0 saturated carbocycles. The Morgan fingerprint density at radius 3 is 2.81 bits per heavy atom. The molecule has 2 N–H and O–H groups in total. The molecule has 4 unspecified atom stereocenters. The number of benzene rings is 1. The van der Waals surface area contributed by atoms with Crippen LogP contribution in [0.1, 0.15) is 46.7 Å². The number of aliphatic hydroxyl groups excluding tert-OH is 1. The first kappa shape index (κ1) is 17.1. The molecular weight excluding hydrogens is 332 g/mol. The van der Waals surface area contributed by atoms with E-state index in [4.69, 9.17) is 9.47 Å². The summed E-state index contributed by atoms with van der Waals surface area (Å²) in [6.45, 7) is 0.0102. The summed E-state index contributed by atoms with van der Waals surface area (Å²) in [6, 6.07) is 12.2. The van der Waals surface area contributed by atoms with Gasteiger partial charge in [0.05, 0.1) is 37.2 Å². The van der Waals surface area contributed by atoms with Gasteiger partial charge in [0.1, 0.15) is 11.8 Å². The second-order valence-corrected chi connectivity index (χ2v) is 7.01. The van der Waals surface area contributed by atoms with Crippen molar-refractivity contribution in [2.75, 3.05) is 19.0 Å². The molecule has 1 aromatic heterocycles. The fourth-order valence-corrected chi connectivity index (χ4v) is 4.29. The van der Waals surface area contributed by atoms with Gasteiger partial charge >= 0.3 is 5.97 Å². The smallest absolute Gasteiger partial charge is 0.354 e. The van der Waals surface area contributed by atoms with Crippen LogP contribution in [0.3, 0.4) is 0 Å². The van der Waals surface area contributed by atoms with Crippen LogP contribution < -0.4 is 5.32 Å². The summed E-state index contributed by atoms with van der Waals surface area (Å²) in [5.74, 6) is -0.141. The van der Waals surface area contributed by atoms with Gasteiger partial charge in [-0.15, -0.1) is 0 Å². The van der Waals surface area contributed by atoms with Gasteiger partial charge in [-0.25, -0.2) is 4.79 Å². The number of aromatic nitrogens is 1. The normalized spacial score (nSPS) is 27.2. The van der Waals surface area contributed by atoms with E-state index in [0.717, 1.165) is 24.2 Å². The number of hydrogen-bond donors (Lipinski definition) is 2. The molecule has 2 aliphatic heterocycles. The highest BCUT2D eigenvalue weighted by atomic mass is 16.5. The molecule has 1 fully saturated rings. The van der Waals surface area contributed by atoms with Crippen molar-refractivity contribution in [2.45, 2.75) is 31.1 Å². The molecule has 2 aromatic rings. The van der Waals surface area contributed by atoms with Crippen LogP contribution in [0.2, 0.25) is 0 Å². The van der Waals surface area contributed by atoms with E-state index < -0.39 is 0 Å². The Bertz CT molecular complexity index is 802. The fraction of sp³-hybridized carbons (Fsp3) is 0.450. The van der Waals surface area contributed by atoms with Gasteiger partial charge in [-0.1, -0.05) is 30.3 Å². The number of fused-ring (bicyclic) bond motifs is 3. The van der Waals surface area contributed by atoms with Crippen LogP contribution in [0.25, 0.3) is 0 Å². The number of aliphatic hydroxyl groups is 1. The molecule has 4 atom stereocenters. The van der Waals surface area contributed by atoms with Crippen molar-refractivity contribution in [1.29, 1.82) is 0 Å². The van der Waals surface area contributed by atoms with E-state index in [-0.39, 0.29) is 36.7 Å². The SMILES string of the molecule is COC(=O)c1cc2c(n1C)C1OC(CO)CCC1C(c1ccccc1)N2. The molecule has 138 valence electrons. The molecule has 6 heteroatoms. The molecule has 4 rings (SSSR count). The van der Waals surface area contributed by atoms with Gasteiger partial charge < -0.3 is 24.5 Å². The summed E-state index contributed by atoms with van der Waals surface area (Å²) in [5, 5.41) is 13.2. The zero-order chi connectivity index (χ0) is 18.3. The molecule has 0 radical (unpaired) electrons. The monoisotopic (exact) mass is 356 g/mol. The van der Waals surface area contributed by atoms with Gasteiger partial charge in [0.25, 0.3) is 0 Å². The lowest BCUT2D eigenvalue weighted by Crippen LogP contribution is -2.40. The molecule has 0 bridgehead atoms. The van der Waals surface area contributed by atoms with Crippen molar-refractivity contribution in [3.05, 3.63) is 53.3 Å². The van der Waals surface area contributed by atoms with Gasteiger partial charge in [0.15, 0.2) is 0 Å². The highest BCUT2D eigenvalue weighted by molar-refractivity contribution is 5.90. The number of methoxy groups -OCH3 is 1. The summed E-state index contributed by atoms with van der Waals surface area (Å²) in [7, 11) is 3.24. The summed E-state index contributed by atoms with van der Waals surface area (Å²) >= 11 is 0. The third kappa shape index (κ3) is 2.70. The van der Waals surface area contributed by atoms with E-state index in [1.807, 2.05) is 35.9 Å². The van der Waals surface area contributed by atoms with Crippen LogP contribution in [0.5, 0.6) is 0 Å². The van der Waals surface area contributed by atoms with Crippen molar-refractivity contribution in [2.24, 2.45) is 13.0 Å². The summed E-state index contributed by atoms with van der Waals surface area (Å²) in [5.41, 5.74) is 3.53. The minimum Gasteiger partial charge on any atom is -0.464 e. The molecule has 6 nitrogen and oxygen atoms in total. The van der Waals surface area contributed by atoms with Crippen molar-refractivity contribution in [3.8, 4) is 0 Å². The summed E-state index contributed by atoms with van der Waals surface area (Å²) in [6.07, 6.45) is 1.42. The second-order valence-electron chi connectivity index (χ2n) is 7.01. The van der Waals surface area contributed by atoms with E-state index in [1.54, 1.807) is 0 Å². The largest absolute Gasteiger partial charge is 0.464 e. The Morgan fingerprint density at radius 1 is 1.35 bits per heavy atom. The minimum atomic E-state index is -0.369. The van der Waals surface area contributed by atoms with Gasteiger partial charge in [0.2, 0.25) is 0 Å². The van der Waals surface area contributed by atoms with Crippen LogP contribution in [0, 0.1) is 5.92 Å². The average molecular weight is 356 g/mol. The fourth-order valence-electron chi connectivity index (χ4n) is 4.29. The molecule has 1 aromatic carbocycles. The lowest BCUT2D eigenvalue weighted by Gasteiger charge is -2.44. The average Bonchev–Trinajstić information content (AvgIpc) is 3.03. The van der Waals surface area contributed by atoms with Crippen LogP contribution in [0.4, 0.5) is 5.69 Å². The van der Waals surface area contributed by atoms with Crippen LogP contribution >= 0.6 is 0 Å². The van der Waals surface area contributed by atoms with Crippen molar-refractivity contribution in [3.63, 3.8) is 0 Å². The highest BCUT2D eigenvalue weighted by Crippen LogP contribution is 2.50. The van der Waals surface area contributed by atoms with Crippen molar-refractivity contribution in [1.82, 2.24) is 4.57 Å². The van der Waals surface area contributed by atoms with Crippen LogP contribution in [0.15, 0.2) is 36.4 Å². The number of nitrogens with zero attached hydrogens (tertiary/aromatic N) is 1. The summed E-state index contributed by atoms with van der Waals surface area (Å²) < 4.78 is 13.0. The first-order valence-corrected chi connectivity index (χ1v) is 8.99. The third-order valence-corrected chi connectivity index (χ3v) is 5.60. The lowest BCUT2D eigenvalue weighted by atomic mass is 9.78. The van der Waals surface area contributed by atoms with E-state index in [2.05, 4.69) is 17.4 Å². The van der Waals surface area contributed by atoms with E-state index in [0.29, 0.717) is 5.69 Å². The molecule has 1 saturated heterocycles. The number of rotatable bonds is 3. The van der Waals surface area contributed by atoms with E-state index in [9.17, 15) is 9.90 Å². The van der Waals surface area contributed by atoms with Crippen molar-refractivity contribution >= 4 is 11.7 Å². The van der Waals surface area contributed by atoms with Crippen LogP contribution in [-0.4, -0.2) is 35.5 Å². The maximum Gasteiger partial charge on any atom is 0.354 e. The van der Waals surface area contributed by atoms with E-state index in [1.165, 1.54) is 12.7 Å². The van der Waals surface area contributed by atoms with Gasteiger partial charge in [-0.05, 0) is 24.5 Å². The predicted octanol–water partition coefficient (Wildman–Crippen LogP) is 2.81. The standard InChI is InChI=1S/C20H24N2O4/c1-22-16(20(24)25-2)10-15-18(22)19-14(9-8-13(11-23)26-19)17(21-15)12-6-4-3-5-7-12/h3-7,10,13-14,17,19,21,23H,8-9,11H2,1-2H3. The summed E-state index contributed by atoms with van der Waals surface area (Å²) in [4.78, 5) is 12.1. The number of nitrogens with one attached hydrogen (secondary N) is 1. The quantitative estimate of drug-likeness (QED) is 0.828. The Hall–Kier alpha value is -2.31. The van der Waals surface area contributed by atoms with Gasteiger partial charge in [-0.3, -0.25) is 0 Å². The van der Waals surface area contributed by atoms with Crippen LogP contribution in [-0.2, 0) is 16.5 Å². The van der Waals surface area contributed by atoms with Crippen molar-refractivity contribution < 1.29 is 19.4 Å². The Balaban J connectivity index is 1.79. The molecule has 26 heavy (non-hydrogen) atoms. The highest BCUT2D eigenvalue weighted by Gasteiger charge is 2.44. The Morgan fingerprint density at radius 2 is 2.12 bits per heavy atom. The van der Waals surface area contributed by atoms with Gasteiger partial charge in [-0.2, -0.15) is 0 Å². The molecule has 3 heterocycles. The maximum absolute atomic E-state index is 12.1. The van der Waals surface area contributed by atoms with Gasteiger partial charge in [0, 0.05) is 13.0 Å². The first-order valence-electron chi connectivity index (χ1n) is 8.99. The number of anilines is 1. The minimum absolute atomic E-state index is 0.0102. The second kappa shape index (κ2) is 6.78. The lowest BCUT2D eigenvalue weighted by molar-refractivity contribution is -0.112. The maximum atomic E-state index is 12.1. The Kier molecular flexibility index (Phi) is 4.46. The zero-order valence-corrected chi connectivity index (χ0v) is 15.0. The molecular formula is C20H24N2O4. The molecule has 0 spiro atoms. The number of esters is 1.